The highest BCUT2D eigenvalue weighted by molar-refractivity contribution is 7.13. The lowest BCUT2D eigenvalue weighted by Gasteiger charge is -2.20. The van der Waals surface area contributed by atoms with Crippen molar-refractivity contribution in [2.45, 2.75) is 19.8 Å². The van der Waals surface area contributed by atoms with Gasteiger partial charge in [-0.15, -0.1) is 11.3 Å². The second kappa shape index (κ2) is 7.32. The van der Waals surface area contributed by atoms with E-state index in [4.69, 9.17) is 0 Å². The molecule has 0 spiro atoms. The SMILES string of the molecule is Cc1nc(-c2cccs2)ccc1C(=O)Nc1ccccc1N1CCCC1=O. The Morgan fingerprint density at radius 2 is 2.00 bits per heavy atom. The minimum Gasteiger partial charge on any atom is -0.320 e. The van der Waals surface area contributed by atoms with Crippen LogP contribution in [0.1, 0.15) is 28.9 Å². The largest absolute Gasteiger partial charge is 0.320 e. The minimum atomic E-state index is -0.225. The molecule has 4 rings (SSSR count). The van der Waals surface area contributed by atoms with Crippen molar-refractivity contribution < 1.29 is 9.59 Å². The summed E-state index contributed by atoms with van der Waals surface area (Å²) in [6.07, 6.45) is 1.39. The van der Waals surface area contributed by atoms with Crippen molar-refractivity contribution in [1.82, 2.24) is 4.98 Å². The van der Waals surface area contributed by atoms with Crippen LogP contribution in [0.3, 0.4) is 0 Å². The quantitative estimate of drug-likeness (QED) is 0.728. The number of nitrogens with one attached hydrogen (secondary N) is 1. The normalized spacial score (nSPS) is 13.8. The molecule has 0 unspecified atom stereocenters. The average molecular weight is 377 g/mol. The molecule has 0 aliphatic carbocycles. The first-order chi connectivity index (χ1) is 13.1. The molecular formula is C21H19N3O2S. The molecule has 2 amide bonds. The Labute approximate surface area is 161 Å². The molecule has 2 aromatic heterocycles. The van der Waals surface area contributed by atoms with Gasteiger partial charge in [0.05, 0.1) is 33.2 Å². The number of thiophene rings is 1. The van der Waals surface area contributed by atoms with Crippen LogP contribution < -0.4 is 10.2 Å². The molecule has 0 radical (unpaired) electrons. The molecule has 1 saturated heterocycles. The molecule has 6 heteroatoms. The second-order valence-corrected chi connectivity index (χ2v) is 7.37. The molecule has 0 saturated carbocycles. The first kappa shape index (κ1) is 17.4. The van der Waals surface area contributed by atoms with Crippen molar-refractivity contribution in [2.75, 3.05) is 16.8 Å². The van der Waals surface area contributed by atoms with E-state index in [9.17, 15) is 9.59 Å². The molecule has 27 heavy (non-hydrogen) atoms. The third kappa shape index (κ3) is 3.48. The van der Waals surface area contributed by atoms with Crippen LogP contribution in [0.15, 0.2) is 53.9 Å². The minimum absolute atomic E-state index is 0.0925. The fourth-order valence-corrected chi connectivity index (χ4v) is 3.97. The summed E-state index contributed by atoms with van der Waals surface area (Å²) < 4.78 is 0. The zero-order chi connectivity index (χ0) is 18.8. The first-order valence-electron chi connectivity index (χ1n) is 8.86. The molecule has 1 fully saturated rings. The van der Waals surface area contributed by atoms with Gasteiger partial charge < -0.3 is 10.2 Å². The number of hydrogen-bond acceptors (Lipinski definition) is 4. The number of nitrogens with zero attached hydrogens (tertiary/aromatic N) is 2. The Balaban J connectivity index is 1.59. The van der Waals surface area contributed by atoms with Crippen LogP contribution in [0.5, 0.6) is 0 Å². The summed E-state index contributed by atoms with van der Waals surface area (Å²) in [6.45, 7) is 2.52. The zero-order valence-electron chi connectivity index (χ0n) is 14.9. The maximum absolute atomic E-state index is 12.8. The lowest BCUT2D eigenvalue weighted by atomic mass is 10.1. The number of anilines is 2. The van der Waals surface area contributed by atoms with E-state index in [1.165, 1.54) is 0 Å². The van der Waals surface area contributed by atoms with Gasteiger partial charge in [-0.05, 0) is 49.1 Å². The third-order valence-corrected chi connectivity index (χ3v) is 5.51. The predicted octanol–water partition coefficient (Wildman–Crippen LogP) is 4.50. The van der Waals surface area contributed by atoms with Crippen LogP contribution in [0.25, 0.3) is 10.6 Å². The number of carbonyl (C=O) groups excluding carboxylic acids is 2. The highest BCUT2D eigenvalue weighted by atomic mass is 32.1. The van der Waals surface area contributed by atoms with Crippen LogP contribution in [-0.2, 0) is 4.79 Å². The molecule has 0 atom stereocenters. The van der Waals surface area contributed by atoms with E-state index < -0.39 is 0 Å². The van der Waals surface area contributed by atoms with Crippen molar-refractivity contribution in [1.29, 1.82) is 0 Å². The predicted molar refractivity (Wildman–Crippen MR) is 108 cm³/mol. The van der Waals surface area contributed by atoms with Gasteiger partial charge in [0.2, 0.25) is 5.91 Å². The van der Waals surface area contributed by atoms with E-state index in [0.717, 1.165) is 22.7 Å². The maximum atomic E-state index is 12.8. The fraction of sp³-hybridized carbons (Fsp3) is 0.190. The van der Waals surface area contributed by atoms with E-state index in [1.54, 1.807) is 22.3 Å². The van der Waals surface area contributed by atoms with Crippen LogP contribution >= 0.6 is 11.3 Å². The summed E-state index contributed by atoms with van der Waals surface area (Å²) in [4.78, 5) is 32.3. The summed E-state index contributed by atoms with van der Waals surface area (Å²) in [5.74, 6) is -0.133. The summed E-state index contributed by atoms with van der Waals surface area (Å²) in [5, 5.41) is 4.95. The van der Waals surface area contributed by atoms with Crippen molar-refractivity contribution >= 4 is 34.5 Å². The number of aryl methyl sites for hydroxylation is 1. The van der Waals surface area contributed by atoms with Gasteiger partial charge in [0.25, 0.3) is 5.91 Å². The molecule has 3 aromatic rings. The Kier molecular flexibility index (Phi) is 4.73. The number of rotatable bonds is 4. The molecular weight excluding hydrogens is 358 g/mol. The number of benzene rings is 1. The van der Waals surface area contributed by atoms with Gasteiger partial charge in [-0.1, -0.05) is 18.2 Å². The first-order valence-corrected chi connectivity index (χ1v) is 9.74. The smallest absolute Gasteiger partial charge is 0.257 e. The standard InChI is InChI=1S/C21H19N3O2S/c1-14-15(10-11-17(22-14)19-8-5-13-27-19)21(26)23-16-6-2-3-7-18(16)24-12-4-9-20(24)25/h2-3,5-8,10-11,13H,4,9,12H2,1H3,(H,23,26). The monoisotopic (exact) mass is 377 g/mol. The molecule has 5 nitrogen and oxygen atoms in total. The summed E-state index contributed by atoms with van der Waals surface area (Å²) in [6, 6.07) is 15.1. The van der Waals surface area contributed by atoms with E-state index in [1.807, 2.05) is 54.8 Å². The highest BCUT2D eigenvalue weighted by Crippen LogP contribution is 2.30. The van der Waals surface area contributed by atoms with Gasteiger partial charge in [-0.3, -0.25) is 14.6 Å². The van der Waals surface area contributed by atoms with Gasteiger partial charge in [0.1, 0.15) is 0 Å². The van der Waals surface area contributed by atoms with Gasteiger partial charge in [-0.25, -0.2) is 0 Å². The molecule has 1 N–H and O–H groups in total. The molecule has 1 aliphatic heterocycles. The molecule has 1 aliphatic rings. The third-order valence-electron chi connectivity index (χ3n) is 4.62. The van der Waals surface area contributed by atoms with Gasteiger partial charge in [0, 0.05) is 13.0 Å². The molecule has 136 valence electrons. The van der Waals surface area contributed by atoms with E-state index in [0.29, 0.717) is 29.9 Å². The van der Waals surface area contributed by atoms with Crippen LogP contribution in [0, 0.1) is 6.92 Å². The van der Waals surface area contributed by atoms with Crippen molar-refractivity contribution in [2.24, 2.45) is 0 Å². The fourth-order valence-electron chi connectivity index (χ4n) is 3.27. The molecule has 3 heterocycles. The Morgan fingerprint density at radius 1 is 1.15 bits per heavy atom. The van der Waals surface area contributed by atoms with Gasteiger partial charge in [0.15, 0.2) is 0 Å². The van der Waals surface area contributed by atoms with Crippen LogP contribution in [-0.4, -0.2) is 23.3 Å². The van der Waals surface area contributed by atoms with E-state index >= 15 is 0 Å². The maximum Gasteiger partial charge on any atom is 0.257 e. The van der Waals surface area contributed by atoms with E-state index in [2.05, 4.69) is 10.3 Å². The van der Waals surface area contributed by atoms with Gasteiger partial charge in [-0.2, -0.15) is 0 Å². The van der Waals surface area contributed by atoms with Crippen molar-refractivity contribution in [3.63, 3.8) is 0 Å². The summed E-state index contributed by atoms with van der Waals surface area (Å²) >= 11 is 1.62. The Hall–Kier alpha value is -2.99. The topological polar surface area (TPSA) is 62.3 Å². The second-order valence-electron chi connectivity index (χ2n) is 6.43. The number of carbonyl (C=O) groups is 2. The number of para-hydroxylation sites is 2. The number of aromatic nitrogens is 1. The summed E-state index contributed by atoms with van der Waals surface area (Å²) in [7, 11) is 0. The van der Waals surface area contributed by atoms with Gasteiger partial charge >= 0.3 is 0 Å². The molecule has 1 aromatic carbocycles. The molecule has 0 bridgehead atoms. The Morgan fingerprint density at radius 3 is 2.70 bits per heavy atom. The Bertz CT molecular complexity index is 998. The van der Waals surface area contributed by atoms with Crippen molar-refractivity contribution in [3.05, 3.63) is 65.2 Å². The number of hydrogen-bond donors (Lipinski definition) is 1. The number of pyridine rings is 1. The van der Waals surface area contributed by atoms with E-state index in [-0.39, 0.29) is 11.8 Å². The van der Waals surface area contributed by atoms with Crippen LogP contribution in [0.4, 0.5) is 11.4 Å². The number of amides is 2. The summed E-state index contributed by atoms with van der Waals surface area (Å²) in [5.41, 5.74) is 3.45. The lowest BCUT2D eigenvalue weighted by molar-refractivity contribution is -0.117. The highest BCUT2D eigenvalue weighted by Gasteiger charge is 2.24. The zero-order valence-corrected chi connectivity index (χ0v) is 15.8. The average Bonchev–Trinajstić information content (AvgIpc) is 3.34. The van der Waals surface area contributed by atoms with Crippen molar-refractivity contribution in [3.8, 4) is 10.6 Å². The van der Waals surface area contributed by atoms with Crippen LogP contribution in [0.2, 0.25) is 0 Å². The lowest BCUT2D eigenvalue weighted by Crippen LogP contribution is -2.25.